The lowest BCUT2D eigenvalue weighted by Crippen LogP contribution is -1.99. The van der Waals surface area contributed by atoms with E-state index in [2.05, 4.69) is 0 Å². The summed E-state index contributed by atoms with van der Waals surface area (Å²) in [6.45, 7) is 0. The van der Waals surface area contributed by atoms with Crippen LogP contribution < -0.4 is 11.5 Å². The highest BCUT2D eigenvalue weighted by molar-refractivity contribution is 6.00. The van der Waals surface area contributed by atoms with Gasteiger partial charge in [0.25, 0.3) is 0 Å². The van der Waals surface area contributed by atoms with E-state index in [1.54, 1.807) is 0 Å². The second-order valence-corrected chi connectivity index (χ2v) is 5.01. The molecule has 110 valence electrons. The Morgan fingerprint density at radius 2 is 0.909 bits per heavy atom. The molecule has 0 heterocycles. The van der Waals surface area contributed by atoms with Crippen molar-refractivity contribution in [2.45, 2.75) is 0 Å². The van der Waals surface area contributed by atoms with Crippen molar-refractivity contribution in [1.82, 2.24) is 0 Å². The monoisotopic (exact) mass is 292 g/mol. The molecule has 0 fully saturated rings. The van der Waals surface area contributed by atoms with Crippen LogP contribution >= 0.6 is 0 Å². The number of hydrogen-bond acceptors (Lipinski definition) is 4. The van der Waals surface area contributed by atoms with Crippen LogP contribution in [0.4, 0.5) is 11.4 Å². The van der Waals surface area contributed by atoms with Crippen LogP contribution in [0.15, 0.2) is 60.7 Å². The first kappa shape index (κ1) is 13.8. The van der Waals surface area contributed by atoms with E-state index in [1.807, 2.05) is 60.7 Å². The molecule has 0 aliphatic rings. The van der Waals surface area contributed by atoms with Crippen molar-refractivity contribution in [3.05, 3.63) is 60.7 Å². The van der Waals surface area contributed by atoms with Crippen molar-refractivity contribution < 1.29 is 10.2 Å². The number of benzene rings is 3. The summed E-state index contributed by atoms with van der Waals surface area (Å²) < 4.78 is 0. The lowest BCUT2D eigenvalue weighted by molar-refractivity contribution is 0.458. The molecule has 0 bridgehead atoms. The topological polar surface area (TPSA) is 92.5 Å². The first-order valence-electron chi connectivity index (χ1n) is 6.85. The van der Waals surface area contributed by atoms with Gasteiger partial charge in [0, 0.05) is 11.1 Å². The van der Waals surface area contributed by atoms with Crippen LogP contribution in [0.1, 0.15) is 0 Å². The van der Waals surface area contributed by atoms with Crippen LogP contribution in [0.2, 0.25) is 0 Å². The lowest BCUT2D eigenvalue weighted by Gasteiger charge is -2.17. The molecule has 0 spiro atoms. The van der Waals surface area contributed by atoms with E-state index in [4.69, 9.17) is 11.5 Å². The predicted molar refractivity (Wildman–Crippen MR) is 89.5 cm³/mol. The minimum atomic E-state index is -0.208. The smallest absolute Gasteiger partial charge is 0.152 e. The van der Waals surface area contributed by atoms with E-state index in [-0.39, 0.29) is 17.2 Å². The molecule has 0 saturated carbocycles. The Hall–Kier alpha value is -3.14. The van der Waals surface area contributed by atoms with Gasteiger partial charge in [0.1, 0.15) is 5.69 Å². The molecular formula is C18H16N2O2. The number of anilines is 2. The van der Waals surface area contributed by atoms with Crippen LogP contribution in [-0.2, 0) is 0 Å². The number of nitrogens with two attached hydrogens (primary N) is 2. The minimum Gasteiger partial charge on any atom is -0.505 e. The maximum absolute atomic E-state index is 10.3. The predicted octanol–water partition coefficient (Wildman–Crippen LogP) is 3.60. The minimum absolute atomic E-state index is 0.0769. The van der Waals surface area contributed by atoms with E-state index in [0.29, 0.717) is 16.8 Å². The molecule has 3 aromatic rings. The number of hydrogen-bond donors (Lipinski definition) is 4. The molecule has 0 radical (unpaired) electrons. The fourth-order valence-corrected chi connectivity index (χ4v) is 2.56. The highest BCUT2D eigenvalue weighted by atomic mass is 16.3. The third-order valence-corrected chi connectivity index (χ3v) is 3.65. The Bertz CT molecular complexity index is 749. The van der Waals surface area contributed by atoms with Gasteiger partial charge in [-0.25, -0.2) is 0 Å². The van der Waals surface area contributed by atoms with Crippen LogP contribution in [0.5, 0.6) is 11.5 Å². The van der Waals surface area contributed by atoms with E-state index in [1.165, 1.54) is 0 Å². The Kier molecular flexibility index (Phi) is 3.35. The Labute approximate surface area is 128 Å². The molecule has 3 aromatic carbocycles. The molecule has 6 N–H and O–H groups in total. The SMILES string of the molecule is Nc1c(O)c(-c2ccccc2)c(N)c(-c2ccccc2)c1O. The molecule has 0 aliphatic heterocycles. The zero-order chi connectivity index (χ0) is 15.7. The number of nitrogen functional groups attached to an aromatic ring is 2. The molecule has 0 atom stereocenters. The van der Waals surface area contributed by atoms with Crippen LogP contribution in [-0.4, -0.2) is 10.2 Å². The Morgan fingerprint density at radius 3 is 1.27 bits per heavy atom. The highest BCUT2D eigenvalue weighted by Crippen LogP contribution is 2.50. The first-order valence-corrected chi connectivity index (χ1v) is 6.85. The number of aromatic hydroxyl groups is 2. The Balaban J connectivity index is 2.36. The average molecular weight is 292 g/mol. The van der Waals surface area contributed by atoms with Crippen molar-refractivity contribution >= 4 is 11.4 Å². The van der Waals surface area contributed by atoms with Gasteiger partial charge in [-0.1, -0.05) is 60.7 Å². The van der Waals surface area contributed by atoms with Crippen LogP contribution in [0.25, 0.3) is 22.3 Å². The normalized spacial score (nSPS) is 10.5. The number of rotatable bonds is 2. The summed E-state index contributed by atoms with van der Waals surface area (Å²) in [5.74, 6) is -0.415. The summed E-state index contributed by atoms with van der Waals surface area (Å²) >= 11 is 0. The van der Waals surface area contributed by atoms with Gasteiger partial charge in [-0.15, -0.1) is 0 Å². The first-order chi connectivity index (χ1) is 10.6. The van der Waals surface area contributed by atoms with Gasteiger partial charge in [-0.05, 0) is 11.1 Å². The van der Waals surface area contributed by atoms with Crippen molar-refractivity contribution in [2.75, 3.05) is 11.5 Å². The lowest BCUT2D eigenvalue weighted by atomic mass is 9.93. The highest BCUT2D eigenvalue weighted by Gasteiger charge is 2.22. The molecule has 4 heteroatoms. The number of phenols is 2. The third-order valence-electron chi connectivity index (χ3n) is 3.65. The standard InChI is InChI=1S/C18H16N2O2/c19-15-13(11-7-3-1-4-8-11)17(21)16(20)18(22)14(15)12-9-5-2-6-10-12/h1-10,21-22H,19-20H2. The molecule has 0 amide bonds. The fraction of sp³-hybridized carbons (Fsp3) is 0. The van der Waals surface area contributed by atoms with Gasteiger partial charge in [-0.2, -0.15) is 0 Å². The van der Waals surface area contributed by atoms with Crippen molar-refractivity contribution in [3.8, 4) is 33.8 Å². The summed E-state index contributed by atoms with van der Waals surface area (Å²) in [5.41, 5.74) is 14.7. The maximum atomic E-state index is 10.3. The maximum Gasteiger partial charge on any atom is 0.152 e. The fourth-order valence-electron chi connectivity index (χ4n) is 2.56. The van der Waals surface area contributed by atoms with Gasteiger partial charge in [0.2, 0.25) is 0 Å². The van der Waals surface area contributed by atoms with Gasteiger partial charge in [-0.3, -0.25) is 0 Å². The van der Waals surface area contributed by atoms with Gasteiger partial charge in [0.15, 0.2) is 11.5 Å². The third kappa shape index (κ3) is 2.11. The van der Waals surface area contributed by atoms with E-state index in [0.717, 1.165) is 11.1 Å². The van der Waals surface area contributed by atoms with Gasteiger partial charge >= 0.3 is 0 Å². The van der Waals surface area contributed by atoms with Crippen LogP contribution in [0, 0.1) is 0 Å². The van der Waals surface area contributed by atoms with Crippen molar-refractivity contribution in [3.63, 3.8) is 0 Å². The molecule has 0 aliphatic carbocycles. The van der Waals surface area contributed by atoms with Crippen molar-refractivity contribution in [2.24, 2.45) is 0 Å². The zero-order valence-electron chi connectivity index (χ0n) is 11.8. The molecule has 0 unspecified atom stereocenters. The van der Waals surface area contributed by atoms with Crippen molar-refractivity contribution in [1.29, 1.82) is 0 Å². The summed E-state index contributed by atoms with van der Waals surface area (Å²) in [5, 5.41) is 20.6. The number of phenolic OH excluding ortho intramolecular Hbond substituents is 2. The van der Waals surface area contributed by atoms with Crippen LogP contribution in [0.3, 0.4) is 0 Å². The second kappa shape index (κ2) is 5.33. The molecule has 0 saturated heterocycles. The van der Waals surface area contributed by atoms with E-state index in [9.17, 15) is 10.2 Å². The molecule has 22 heavy (non-hydrogen) atoms. The second-order valence-electron chi connectivity index (χ2n) is 5.01. The zero-order valence-corrected chi connectivity index (χ0v) is 11.8. The molecular weight excluding hydrogens is 276 g/mol. The summed E-state index contributed by atoms with van der Waals surface area (Å²) in [6, 6.07) is 18.5. The Morgan fingerprint density at radius 1 is 0.545 bits per heavy atom. The largest absolute Gasteiger partial charge is 0.505 e. The van der Waals surface area contributed by atoms with Gasteiger partial charge in [0.05, 0.1) is 5.69 Å². The quantitative estimate of drug-likeness (QED) is 0.429. The molecule has 3 rings (SSSR count). The summed E-state index contributed by atoms with van der Waals surface area (Å²) in [4.78, 5) is 0. The molecule has 0 aromatic heterocycles. The van der Waals surface area contributed by atoms with E-state index < -0.39 is 0 Å². The molecule has 4 nitrogen and oxygen atoms in total. The summed E-state index contributed by atoms with van der Waals surface area (Å²) in [7, 11) is 0. The van der Waals surface area contributed by atoms with Gasteiger partial charge < -0.3 is 21.7 Å². The average Bonchev–Trinajstić information content (AvgIpc) is 2.55. The van der Waals surface area contributed by atoms with E-state index >= 15 is 0 Å². The summed E-state index contributed by atoms with van der Waals surface area (Å²) in [6.07, 6.45) is 0.